The smallest absolute Gasteiger partial charge is 0.191 e. The van der Waals surface area contributed by atoms with Gasteiger partial charge in [0.15, 0.2) is 16.7 Å². The molecule has 1 aromatic heterocycles. The van der Waals surface area contributed by atoms with E-state index < -0.39 is 0 Å². The maximum Gasteiger partial charge on any atom is 0.191 e. The molecule has 1 fully saturated rings. The molecule has 0 atom stereocenters. The van der Waals surface area contributed by atoms with Gasteiger partial charge in [0, 0.05) is 12.4 Å². The van der Waals surface area contributed by atoms with Crippen molar-refractivity contribution in [1.29, 1.82) is 0 Å². The summed E-state index contributed by atoms with van der Waals surface area (Å²) in [6, 6.07) is 18.3. The molecule has 0 amide bonds. The monoisotopic (exact) mass is 404 g/mol. The third kappa shape index (κ3) is 4.98. The van der Waals surface area contributed by atoms with Crippen LogP contribution in [0.1, 0.15) is 36.8 Å². The Labute approximate surface area is 176 Å². The Bertz CT molecular complexity index is 955. The standard InChI is InChI=1S/C24H24N2O2S/c1-27-22-13-12-19(16-23(22)28-20-10-5-6-11-20)21(18-8-3-2-4-9-18)17-29-24-25-14-7-15-26-24/h2-4,7-9,12-17,20H,5-6,10-11H2,1H3/b21-17+. The second-order valence-electron chi connectivity index (χ2n) is 6.94. The van der Waals surface area contributed by atoms with Crippen molar-refractivity contribution in [3.8, 4) is 11.5 Å². The average Bonchev–Trinajstić information content (AvgIpc) is 3.29. The molecule has 0 unspecified atom stereocenters. The van der Waals surface area contributed by atoms with E-state index in [0.29, 0.717) is 0 Å². The summed E-state index contributed by atoms with van der Waals surface area (Å²) in [5, 5.41) is 2.82. The number of nitrogens with zero attached hydrogens (tertiary/aromatic N) is 2. The minimum Gasteiger partial charge on any atom is -0.493 e. The molecule has 1 saturated carbocycles. The van der Waals surface area contributed by atoms with Gasteiger partial charge in [-0.25, -0.2) is 9.97 Å². The van der Waals surface area contributed by atoms with Crippen molar-refractivity contribution in [3.63, 3.8) is 0 Å². The van der Waals surface area contributed by atoms with Crippen molar-refractivity contribution in [2.24, 2.45) is 0 Å². The van der Waals surface area contributed by atoms with Crippen molar-refractivity contribution in [2.75, 3.05) is 7.11 Å². The van der Waals surface area contributed by atoms with E-state index in [1.165, 1.54) is 24.6 Å². The molecule has 1 heterocycles. The molecule has 148 valence electrons. The number of methoxy groups -OCH3 is 1. The zero-order valence-corrected chi connectivity index (χ0v) is 17.3. The number of rotatable bonds is 7. The third-order valence-electron chi connectivity index (χ3n) is 4.98. The molecule has 2 aromatic carbocycles. The van der Waals surface area contributed by atoms with E-state index in [-0.39, 0.29) is 6.10 Å². The maximum atomic E-state index is 6.30. The minimum atomic E-state index is 0.274. The highest BCUT2D eigenvalue weighted by molar-refractivity contribution is 8.02. The fourth-order valence-electron chi connectivity index (χ4n) is 3.50. The molecule has 4 rings (SSSR count). The zero-order valence-electron chi connectivity index (χ0n) is 16.5. The summed E-state index contributed by atoms with van der Waals surface area (Å²) in [6.07, 6.45) is 8.46. The van der Waals surface area contributed by atoms with Gasteiger partial charge in [0.1, 0.15) is 0 Å². The summed E-state index contributed by atoms with van der Waals surface area (Å²) in [7, 11) is 1.69. The largest absolute Gasteiger partial charge is 0.493 e. The van der Waals surface area contributed by atoms with E-state index in [0.717, 1.165) is 46.2 Å². The van der Waals surface area contributed by atoms with Crippen LogP contribution < -0.4 is 9.47 Å². The summed E-state index contributed by atoms with van der Waals surface area (Å²) in [5.74, 6) is 1.58. The Morgan fingerprint density at radius 2 is 1.69 bits per heavy atom. The van der Waals surface area contributed by atoms with E-state index in [1.807, 2.05) is 30.3 Å². The molecule has 0 saturated heterocycles. The molecule has 4 nitrogen and oxygen atoms in total. The quantitative estimate of drug-likeness (QED) is 0.358. The topological polar surface area (TPSA) is 44.2 Å². The molecule has 5 heteroatoms. The van der Waals surface area contributed by atoms with Gasteiger partial charge < -0.3 is 9.47 Å². The van der Waals surface area contributed by atoms with E-state index >= 15 is 0 Å². The van der Waals surface area contributed by atoms with Crippen molar-refractivity contribution in [1.82, 2.24) is 9.97 Å². The molecule has 0 N–H and O–H groups in total. The number of aromatic nitrogens is 2. The van der Waals surface area contributed by atoms with Crippen LogP contribution in [0, 0.1) is 0 Å². The Hall–Kier alpha value is -2.79. The Morgan fingerprint density at radius 1 is 0.931 bits per heavy atom. The molecule has 1 aliphatic carbocycles. The molecule has 3 aromatic rings. The van der Waals surface area contributed by atoms with Gasteiger partial charge in [0.25, 0.3) is 0 Å². The van der Waals surface area contributed by atoms with Gasteiger partial charge >= 0.3 is 0 Å². The first-order chi connectivity index (χ1) is 14.3. The number of hydrogen-bond acceptors (Lipinski definition) is 5. The summed E-state index contributed by atoms with van der Waals surface area (Å²) in [4.78, 5) is 8.63. The Balaban J connectivity index is 1.69. The van der Waals surface area contributed by atoms with Crippen LogP contribution >= 0.6 is 11.8 Å². The summed E-state index contributed by atoms with van der Waals surface area (Å²) in [6.45, 7) is 0. The van der Waals surface area contributed by atoms with Crippen molar-refractivity contribution in [2.45, 2.75) is 36.9 Å². The van der Waals surface area contributed by atoms with Gasteiger partial charge in [-0.05, 0) is 66.0 Å². The van der Waals surface area contributed by atoms with Gasteiger partial charge in [-0.2, -0.15) is 0 Å². The van der Waals surface area contributed by atoms with Gasteiger partial charge in [0.2, 0.25) is 0 Å². The predicted molar refractivity (Wildman–Crippen MR) is 117 cm³/mol. The van der Waals surface area contributed by atoms with Crippen LogP contribution in [0.4, 0.5) is 0 Å². The highest BCUT2D eigenvalue weighted by atomic mass is 32.2. The van der Waals surface area contributed by atoms with Crippen LogP contribution in [0.25, 0.3) is 5.57 Å². The van der Waals surface area contributed by atoms with Crippen LogP contribution in [-0.2, 0) is 0 Å². The van der Waals surface area contributed by atoms with Gasteiger partial charge in [-0.3, -0.25) is 0 Å². The normalized spacial score (nSPS) is 14.7. The summed E-state index contributed by atoms with van der Waals surface area (Å²) >= 11 is 1.51. The Kier molecular flexibility index (Phi) is 6.47. The zero-order chi connectivity index (χ0) is 19.9. The lowest BCUT2D eigenvalue weighted by Gasteiger charge is -2.18. The number of hydrogen-bond donors (Lipinski definition) is 0. The van der Waals surface area contributed by atoms with E-state index in [1.54, 1.807) is 19.5 Å². The van der Waals surface area contributed by atoms with E-state index in [9.17, 15) is 0 Å². The van der Waals surface area contributed by atoms with Gasteiger partial charge in [-0.1, -0.05) is 48.2 Å². The fraction of sp³-hybridized carbons (Fsp3) is 0.250. The first kappa shape index (κ1) is 19.5. The fourth-order valence-corrected chi connectivity index (χ4v) is 4.24. The third-order valence-corrected chi connectivity index (χ3v) is 5.75. The molecule has 0 spiro atoms. The average molecular weight is 405 g/mol. The minimum absolute atomic E-state index is 0.274. The second-order valence-corrected chi connectivity index (χ2v) is 7.77. The lowest BCUT2D eigenvalue weighted by Crippen LogP contribution is -2.11. The second kappa shape index (κ2) is 9.61. The van der Waals surface area contributed by atoms with Gasteiger partial charge in [-0.15, -0.1) is 0 Å². The first-order valence-corrected chi connectivity index (χ1v) is 10.8. The molecule has 1 aliphatic rings. The van der Waals surface area contributed by atoms with Crippen LogP contribution in [-0.4, -0.2) is 23.2 Å². The summed E-state index contributed by atoms with van der Waals surface area (Å²) < 4.78 is 11.9. The SMILES string of the molecule is COc1ccc(/C(=C/Sc2ncccn2)c2ccccc2)cc1OC1CCCC1. The van der Waals surface area contributed by atoms with E-state index in [2.05, 4.69) is 39.6 Å². The lowest BCUT2D eigenvalue weighted by molar-refractivity contribution is 0.201. The van der Waals surface area contributed by atoms with Crippen LogP contribution in [0.3, 0.4) is 0 Å². The first-order valence-electron chi connectivity index (χ1n) is 9.88. The molecular formula is C24H24N2O2S. The van der Waals surface area contributed by atoms with Crippen LogP contribution in [0.15, 0.2) is 77.6 Å². The number of benzene rings is 2. The molecule has 0 aliphatic heterocycles. The molecule has 0 radical (unpaired) electrons. The predicted octanol–water partition coefficient (Wildman–Crippen LogP) is 5.99. The van der Waals surface area contributed by atoms with Crippen molar-refractivity contribution < 1.29 is 9.47 Å². The van der Waals surface area contributed by atoms with Crippen molar-refractivity contribution in [3.05, 3.63) is 83.5 Å². The highest BCUT2D eigenvalue weighted by Gasteiger charge is 2.19. The molecular weight excluding hydrogens is 380 g/mol. The Morgan fingerprint density at radius 3 is 2.41 bits per heavy atom. The van der Waals surface area contributed by atoms with E-state index in [4.69, 9.17) is 9.47 Å². The van der Waals surface area contributed by atoms with Crippen LogP contribution in [0.2, 0.25) is 0 Å². The summed E-state index contributed by atoms with van der Waals surface area (Å²) in [5.41, 5.74) is 3.31. The van der Waals surface area contributed by atoms with Crippen LogP contribution in [0.5, 0.6) is 11.5 Å². The number of thioether (sulfide) groups is 1. The lowest BCUT2D eigenvalue weighted by atomic mass is 9.99. The highest BCUT2D eigenvalue weighted by Crippen LogP contribution is 2.36. The van der Waals surface area contributed by atoms with Crippen molar-refractivity contribution >= 4 is 17.3 Å². The molecule has 0 bridgehead atoms. The van der Waals surface area contributed by atoms with Gasteiger partial charge in [0.05, 0.1) is 13.2 Å². The maximum absolute atomic E-state index is 6.30. The molecule has 29 heavy (non-hydrogen) atoms. The number of ether oxygens (including phenoxy) is 2.